The molecule has 6 heteroatoms. The number of carbonyl (C=O) groups excluding carboxylic acids is 2. The van der Waals surface area contributed by atoms with E-state index in [1.165, 1.54) is 0 Å². The minimum atomic E-state index is -0.0527. The molecular formula is C15H22N4O2. The summed E-state index contributed by atoms with van der Waals surface area (Å²) in [4.78, 5) is 27.5. The first kappa shape index (κ1) is 15.2. The third-order valence-corrected chi connectivity index (χ3v) is 3.58. The molecule has 0 spiro atoms. The Morgan fingerprint density at radius 2 is 1.67 bits per heavy atom. The maximum atomic E-state index is 12.2. The molecule has 21 heavy (non-hydrogen) atoms. The smallest absolute Gasteiger partial charge is 0.317 e. The van der Waals surface area contributed by atoms with Gasteiger partial charge in [-0.1, -0.05) is 12.1 Å². The van der Waals surface area contributed by atoms with E-state index >= 15 is 0 Å². The number of benzene rings is 1. The van der Waals surface area contributed by atoms with Crippen LogP contribution in [-0.2, 0) is 11.2 Å². The summed E-state index contributed by atoms with van der Waals surface area (Å²) >= 11 is 0. The molecule has 1 heterocycles. The van der Waals surface area contributed by atoms with Crippen LogP contribution in [0.25, 0.3) is 0 Å². The highest BCUT2D eigenvalue weighted by Gasteiger charge is 2.23. The van der Waals surface area contributed by atoms with E-state index in [1.807, 2.05) is 24.0 Å². The van der Waals surface area contributed by atoms with Gasteiger partial charge in [-0.05, 0) is 24.6 Å². The summed E-state index contributed by atoms with van der Waals surface area (Å²) in [5.74, 6) is 0.0929. The highest BCUT2D eigenvalue weighted by atomic mass is 16.2. The number of hydrogen-bond donors (Lipinski definition) is 2. The van der Waals surface area contributed by atoms with Crippen LogP contribution >= 0.6 is 0 Å². The Hall–Kier alpha value is -2.24. The minimum absolute atomic E-state index is 0.0527. The fourth-order valence-corrected chi connectivity index (χ4v) is 2.34. The highest BCUT2D eigenvalue weighted by molar-refractivity contribution is 5.79. The van der Waals surface area contributed by atoms with Crippen LogP contribution in [0.3, 0.4) is 0 Å². The van der Waals surface area contributed by atoms with E-state index in [0.717, 1.165) is 5.56 Å². The quantitative estimate of drug-likeness (QED) is 0.804. The van der Waals surface area contributed by atoms with Crippen molar-refractivity contribution >= 4 is 17.6 Å². The number of urea groups is 1. The molecule has 1 aromatic carbocycles. The summed E-state index contributed by atoms with van der Waals surface area (Å²) in [7, 11) is 0. The molecule has 1 aliphatic rings. The van der Waals surface area contributed by atoms with Gasteiger partial charge in [0.15, 0.2) is 0 Å². The van der Waals surface area contributed by atoms with Crippen LogP contribution in [0.2, 0.25) is 0 Å². The highest BCUT2D eigenvalue weighted by Crippen LogP contribution is 2.09. The van der Waals surface area contributed by atoms with Crippen LogP contribution in [0, 0.1) is 0 Å². The Balaban J connectivity index is 1.83. The van der Waals surface area contributed by atoms with Crippen molar-refractivity contribution in [2.75, 3.05) is 38.5 Å². The second kappa shape index (κ2) is 6.97. The van der Waals surface area contributed by atoms with Crippen molar-refractivity contribution in [1.82, 2.24) is 15.1 Å². The first-order valence-electron chi connectivity index (χ1n) is 7.25. The van der Waals surface area contributed by atoms with Gasteiger partial charge in [-0.2, -0.15) is 0 Å². The van der Waals surface area contributed by atoms with E-state index in [2.05, 4.69) is 5.32 Å². The first-order valence-corrected chi connectivity index (χ1v) is 7.25. The van der Waals surface area contributed by atoms with Crippen molar-refractivity contribution in [2.24, 2.45) is 0 Å². The standard InChI is InChI=1S/C15H22N4O2/c1-2-17-15(21)19-9-7-18(8-10-19)14(20)11-12-3-5-13(16)6-4-12/h3-6H,2,7-11,16H2,1H3,(H,17,21). The fraction of sp³-hybridized carbons (Fsp3) is 0.467. The molecule has 0 saturated carbocycles. The second-order valence-electron chi connectivity index (χ2n) is 5.12. The molecule has 0 radical (unpaired) electrons. The third kappa shape index (κ3) is 4.11. The lowest BCUT2D eigenvalue weighted by atomic mass is 10.1. The monoisotopic (exact) mass is 290 g/mol. The van der Waals surface area contributed by atoms with Crippen molar-refractivity contribution in [2.45, 2.75) is 13.3 Å². The van der Waals surface area contributed by atoms with E-state index in [9.17, 15) is 9.59 Å². The van der Waals surface area contributed by atoms with Gasteiger partial charge in [0.05, 0.1) is 6.42 Å². The number of nitrogens with two attached hydrogens (primary N) is 1. The van der Waals surface area contributed by atoms with Gasteiger partial charge >= 0.3 is 6.03 Å². The molecule has 0 bridgehead atoms. The third-order valence-electron chi connectivity index (χ3n) is 3.58. The number of nitrogens with one attached hydrogen (secondary N) is 1. The summed E-state index contributed by atoms with van der Waals surface area (Å²) in [6, 6.07) is 7.30. The van der Waals surface area contributed by atoms with E-state index < -0.39 is 0 Å². The maximum Gasteiger partial charge on any atom is 0.317 e. The number of anilines is 1. The average molecular weight is 290 g/mol. The van der Waals surface area contributed by atoms with Crippen LogP contribution in [0.15, 0.2) is 24.3 Å². The van der Waals surface area contributed by atoms with E-state index in [-0.39, 0.29) is 11.9 Å². The lowest BCUT2D eigenvalue weighted by Crippen LogP contribution is -2.53. The van der Waals surface area contributed by atoms with Crippen LogP contribution in [0.4, 0.5) is 10.5 Å². The molecule has 0 atom stereocenters. The summed E-state index contributed by atoms with van der Waals surface area (Å²) in [5.41, 5.74) is 7.28. The van der Waals surface area contributed by atoms with E-state index in [0.29, 0.717) is 44.8 Å². The van der Waals surface area contributed by atoms with Gasteiger partial charge in [0.2, 0.25) is 5.91 Å². The van der Waals surface area contributed by atoms with Crippen molar-refractivity contribution < 1.29 is 9.59 Å². The molecule has 0 aromatic heterocycles. The van der Waals surface area contributed by atoms with E-state index in [4.69, 9.17) is 5.73 Å². The van der Waals surface area contributed by atoms with Gasteiger partial charge in [0.25, 0.3) is 0 Å². The number of hydrogen-bond acceptors (Lipinski definition) is 3. The van der Waals surface area contributed by atoms with Crippen molar-refractivity contribution in [1.29, 1.82) is 0 Å². The Labute approximate surface area is 124 Å². The van der Waals surface area contributed by atoms with Crippen LogP contribution in [0.1, 0.15) is 12.5 Å². The zero-order valence-electron chi connectivity index (χ0n) is 12.3. The molecule has 2 rings (SSSR count). The normalized spacial score (nSPS) is 14.9. The SMILES string of the molecule is CCNC(=O)N1CCN(C(=O)Cc2ccc(N)cc2)CC1. The van der Waals surface area contributed by atoms with Gasteiger partial charge in [0.1, 0.15) is 0 Å². The Bertz CT molecular complexity index is 493. The Morgan fingerprint density at radius 3 is 2.24 bits per heavy atom. The lowest BCUT2D eigenvalue weighted by Gasteiger charge is -2.34. The Kier molecular flexibility index (Phi) is 5.03. The minimum Gasteiger partial charge on any atom is -0.399 e. The topological polar surface area (TPSA) is 78.7 Å². The van der Waals surface area contributed by atoms with Crippen molar-refractivity contribution in [3.63, 3.8) is 0 Å². The van der Waals surface area contributed by atoms with Gasteiger partial charge in [0, 0.05) is 38.4 Å². The molecule has 1 saturated heterocycles. The maximum absolute atomic E-state index is 12.2. The first-order chi connectivity index (χ1) is 10.1. The molecule has 0 aliphatic carbocycles. The number of piperazine rings is 1. The summed E-state index contributed by atoms with van der Waals surface area (Å²) in [6.45, 7) is 4.86. The zero-order chi connectivity index (χ0) is 15.2. The zero-order valence-corrected chi connectivity index (χ0v) is 12.3. The molecule has 3 N–H and O–H groups in total. The number of amides is 3. The van der Waals surface area contributed by atoms with Crippen LogP contribution in [0.5, 0.6) is 0 Å². The number of rotatable bonds is 3. The van der Waals surface area contributed by atoms with Crippen molar-refractivity contribution in [3.8, 4) is 0 Å². The predicted molar refractivity (Wildman–Crippen MR) is 81.8 cm³/mol. The van der Waals surface area contributed by atoms with E-state index in [1.54, 1.807) is 17.0 Å². The number of carbonyl (C=O) groups is 2. The molecular weight excluding hydrogens is 268 g/mol. The molecule has 3 amide bonds. The number of nitrogen functional groups attached to an aromatic ring is 1. The number of nitrogens with zero attached hydrogens (tertiary/aromatic N) is 2. The van der Waals surface area contributed by atoms with Crippen LogP contribution < -0.4 is 11.1 Å². The largest absolute Gasteiger partial charge is 0.399 e. The molecule has 1 aromatic rings. The lowest BCUT2D eigenvalue weighted by molar-refractivity contribution is -0.131. The second-order valence-corrected chi connectivity index (χ2v) is 5.12. The summed E-state index contributed by atoms with van der Waals surface area (Å²) in [6.07, 6.45) is 0.376. The summed E-state index contributed by atoms with van der Waals surface area (Å²) < 4.78 is 0. The molecule has 1 fully saturated rings. The molecule has 1 aliphatic heterocycles. The van der Waals surface area contributed by atoms with Gasteiger partial charge in [-0.25, -0.2) is 4.79 Å². The Morgan fingerprint density at radius 1 is 1.10 bits per heavy atom. The van der Waals surface area contributed by atoms with Crippen molar-refractivity contribution in [3.05, 3.63) is 29.8 Å². The van der Waals surface area contributed by atoms with Gasteiger partial charge in [-0.15, -0.1) is 0 Å². The molecule has 0 unspecified atom stereocenters. The van der Waals surface area contributed by atoms with Gasteiger partial charge < -0.3 is 20.9 Å². The van der Waals surface area contributed by atoms with Crippen LogP contribution in [-0.4, -0.2) is 54.5 Å². The fourth-order valence-electron chi connectivity index (χ4n) is 2.34. The average Bonchev–Trinajstić information content (AvgIpc) is 2.50. The van der Waals surface area contributed by atoms with Gasteiger partial charge in [-0.3, -0.25) is 4.79 Å². The summed E-state index contributed by atoms with van der Waals surface area (Å²) in [5, 5.41) is 2.78. The molecule has 114 valence electrons. The predicted octanol–water partition coefficient (Wildman–Crippen LogP) is 0.685. The molecule has 6 nitrogen and oxygen atoms in total.